The van der Waals surface area contributed by atoms with Gasteiger partial charge in [0.2, 0.25) is 0 Å². The molecule has 2 aliphatic heterocycles. The lowest BCUT2D eigenvalue weighted by molar-refractivity contribution is 0.0307. The van der Waals surface area contributed by atoms with Crippen molar-refractivity contribution < 1.29 is 4.74 Å². The number of aryl methyl sites for hydroxylation is 1. The van der Waals surface area contributed by atoms with Crippen LogP contribution in [0.4, 0.5) is 0 Å². The highest BCUT2D eigenvalue weighted by Gasteiger charge is 2.36. The molecule has 4 rings (SSSR count). The van der Waals surface area contributed by atoms with E-state index in [0.29, 0.717) is 12.2 Å². The minimum absolute atomic E-state index is 0. The molecule has 2 aromatic rings. The summed E-state index contributed by atoms with van der Waals surface area (Å²) in [5.41, 5.74) is 5.31. The average Bonchev–Trinajstić information content (AvgIpc) is 2.79. The smallest absolute Gasteiger partial charge is 0.0850 e. The molecule has 1 aromatic carbocycles. The molecule has 3 heteroatoms. The van der Waals surface area contributed by atoms with Crippen molar-refractivity contribution in [2.24, 2.45) is 0 Å². The highest BCUT2D eigenvalue weighted by molar-refractivity contribution is 5.85. The maximum atomic E-state index is 6.08. The van der Waals surface area contributed by atoms with Gasteiger partial charge >= 0.3 is 0 Å². The third-order valence-electron chi connectivity index (χ3n) is 4.32. The fourth-order valence-corrected chi connectivity index (χ4v) is 3.55. The summed E-state index contributed by atoms with van der Waals surface area (Å²) < 4.78 is 6.08. The Balaban J connectivity index is 0.00000110. The maximum absolute atomic E-state index is 6.08. The van der Waals surface area contributed by atoms with Crippen LogP contribution in [0.25, 0.3) is 10.9 Å². The molecule has 0 saturated carbocycles. The van der Waals surface area contributed by atoms with Crippen LogP contribution >= 0.6 is 12.4 Å². The number of hydrogen-bond acceptors (Lipinski definition) is 2. The van der Waals surface area contributed by atoms with Gasteiger partial charge in [-0.1, -0.05) is 25.1 Å². The zero-order valence-electron chi connectivity index (χ0n) is 11.1. The van der Waals surface area contributed by atoms with Gasteiger partial charge in [-0.2, -0.15) is 0 Å². The van der Waals surface area contributed by atoms with Crippen LogP contribution < -0.4 is 0 Å². The SMILES string of the molecule is CCc1c2c(nc3ccccc13)CC1CCC2O1.Cl. The van der Waals surface area contributed by atoms with Crippen LogP contribution in [0.3, 0.4) is 0 Å². The molecule has 1 saturated heterocycles. The Morgan fingerprint density at radius 1 is 1.26 bits per heavy atom. The highest BCUT2D eigenvalue weighted by atomic mass is 35.5. The molecule has 1 aromatic heterocycles. The summed E-state index contributed by atoms with van der Waals surface area (Å²) in [7, 11) is 0. The van der Waals surface area contributed by atoms with Crippen LogP contribution in [0.1, 0.15) is 42.7 Å². The number of para-hydroxylation sites is 1. The topological polar surface area (TPSA) is 22.1 Å². The van der Waals surface area contributed by atoms with Crippen molar-refractivity contribution >= 4 is 23.3 Å². The molecule has 2 aliphatic rings. The number of aromatic nitrogens is 1. The molecular weight excluding hydrogens is 258 g/mol. The third kappa shape index (κ3) is 1.86. The van der Waals surface area contributed by atoms with Crippen LogP contribution in [0.15, 0.2) is 24.3 Å². The summed E-state index contributed by atoms with van der Waals surface area (Å²) in [6.07, 6.45) is 5.16. The van der Waals surface area contributed by atoms with Crippen LogP contribution in [-0.2, 0) is 17.6 Å². The molecule has 1 fully saturated rings. The standard InChI is InChI=1S/C16H17NO.ClH/c1-2-11-12-5-3-4-6-13(12)17-14-9-10-7-8-15(18-10)16(11)14;/h3-6,10,15H,2,7-9H2,1H3;1H. The number of rotatable bonds is 1. The van der Waals surface area contributed by atoms with E-state index in [1.165, 1.54) is 35.0 Å². The first-order valence-corrected chi connectivity index (χ1v) is 6.92. The van der Waals surface area contributed by atoms with Crippen molar-refractivity contribution in [2.75, 3.05) is 0 Å². The summed E-state index contributed by atoms with van der Waals surface area (Å²) in [5.74, 6) is 0. The largest absolute Gasteiger partial charge is 0.370 e. The molecule has 0 amide bonds. The number of ether oxygens (including phenoxy) is 1. The molecule has 2 unspecified atom stereocenters. The zero-order chi connectivity index (χ0) is 12.1. The minimum Gasteiger partial charge on any atom is -0.370 e. The zero-order valence-corrected chi connectivity index (χ0v) is 11.9. The minimum atomic E-state index is 0. The van der Waals surface area contributed by atoms with Crippen molar-refractivity contribution in [3.8, 4) is 0 Å². The van der Waals surface area contributed by atoms with Crippen molar-refractivity contribution in [3.05, 3.63) is 41.1 Å². The predicted octanol–water partition coefficient (Wildman–Crippen LogP) is 4.00. The van der Waals surface area contributed by atoms with Gasteiger partial charge in [0.15, 0.2) is 0 Å². The van der Waals surface area contributed by atoms with Gasteiger partial charge in [-0.3, -0.25) is 4.98 Å². The number of benzene rings is 1. The average molecular weight is 276 g/mol. The summed E-state index contributed by atoms with van der Waals surface area (Å²) >= 11 is 0. The fraction of sp³-hybridized carbons (Fsp3) is 0.438. The fourth-order valence-electron chi connectivity index (χ4n) is 3.55. The van der Waals surface area contributed by atoms with Gasteiger partial charge in [0.25, 0.3) is 0 Å². The second-order valence-corrected chi connectivity index (χ2v) is 5.35. The van der Waals surface area contributed by atoms with E-state index in [-0.39, 0.29) is 12.4 Å². The van der Waals surface area contributed by atoms with Crippen LogP contribution in [0, 0.1) is 0 Å². The number of hydrogen-bond donors (Lipinski definition) is 0. The third-order valence-corrected chi connectivity index (χ3v) is 4.32. The Kier molecular flexibility index (Phi) is 3.23. The lowest BCUT2D eigenvalue weighted by atomic mass is 9.93. The highest BCUT2D eigenvalue weighted by Crippen LogP contribution is 2.43. The molecule has 0 radical (unpaired) electrons. The van der Waals surface area contributed by atoms with Crippen LogP contribution in [0.5, 0.6) is 0 Å². The van der Waals surface area contributed by atoms with Crippen molar-refractivity contribution in [1.29, 1.82) is 0 Å². The van der Waals surface area contributed by atoms with Gasteiger partial charge < -0.3 is 4.74 Å². The van der Waals surface area contributed by atoms with Gasteiger partial charge in [0.05, 0.1) is 17.7 Å². The molecule has 100 valence electrons. The van der Waals surface area contributed by atoms with Gasteiger partial charge in [-0.05, 0) is 30.9 Å². The van der Waals surface area contributed by atoms with Gasteiger partial charge in [-0.25, -0.2) is 0 Å². The Hall–Kier alpha value is -1.12. The summed E-state index contributed by atoms with van der Waals surface area (Å²) in [4.78, 5) is 4.89. The Labute approximate surface area is 119 Å². The number of pyridine rings is 1. The molecule has 2 bridgehead atoms. The molecule has 0 spiro atoms. The van der Waals surface area contributed by atoms with Gasteiger partial charge in [0, 0.05) is 23.1 Å². The van der Waals surface area contributed by atoms with E-state index in [9.17, 15) is 0 Å². The van der Waals surface area contributed by atoms with Crippen molar-refractivity contribution in [1.82, 2.24) is 4.98 Å². The van der Waals surface area contributed by atoms with Gasteiger partial charge in [0.1, 0.15) is 0 Å². The molecule has 3 heterocycles. The summed E-state index contributed by atoms with van der Waals surface area (Å²) in [6.45, 7) is 2.24. The summed E-state index contributed by atoms with van der Waals surface area (Å²) in [5, 5.41) is 1.31. The normalized spacial score (nSPS) is 24.1. The number of nitrogens with zero attached hydrogens (tertiary/aromatic N) is 1. The van der Waals surface area contributed by atoms with E-state index in [4.69, 9.17) is 9.72 Å². The van der Waals surface area contributed by atoms with Crippen molar-refractivity contribution in [2.45, 2.75) is 44.8 Å². The quantitative estimate of drug-likeness (QED) is 0.785. The Bertz CT molecular complexity index is 625. The van der Waals surface area contributed by atoms with Gasteiger partial charge in [-0.15, -0.1) is 12.4 Å². The first-order chi connectivity index (χ1) is 8.86. The Morgan fingerprint density at radius 3 is 2.95 bits per heavy atom. The first kappa shape index (κ1) is 12.9. The maximum Gasteiger partial charge on any atom is 0.0850 e. The number of fused-ring (bicyclic) bond motifs is 5. The molecule has 2 nitrogen and oxygen atoms in total. The van der Waals surface area contributed by atoms with E-state index in [0.717, 1.165) is 18.4 Å². The van der Waals surface area contributed by atoms with Crippen LogP contribution in [-0.4, -0.2) is 11.1 Å². The van der Waals surface area contributed by atoms with E-state index in [1.54, 1.807) is 0 Å². The van der Waals surface area contributed by atoms with Crippen molar-refractivity contribution in [3.63, 3.8) is 0 Å². The molecule has 0 N–H and O–H groups in total. The van der Waals surface area contributed by atoms with E-state index in [1.807, 2.05) is 0 Å². The van der Waals surface area contributed by atoms with Crippen LogP contribution in [0.2, 0.25) is 0 Å². The predicted molar refractivity (Wildman–Crippen MR) is 78.9 cm³/mol. The summed E-state index contributed by atoms with van der Waals surface area (Å²) in [6, 6.07) is 8.51. The molecular formula is C16H18ClNO. The Morgan fingerprint density at radius 2 is 2.11 bits per heavy atom. The molecule has 0 aliphatic carbocycles. The molecule has 19 heavy (non-hydrogen) atoms. The lowest BCUT2D eigenvalue weighted by Crippen LogP contribution is -2.21. The lowest BCUT2D eigenvalue weighted by Gasteiger charge is -2.26. The van der Waals surface area contributed by atoms with E-state index < -0.39 is 0 Å². The second kappa shape index (κ2) is 4.77. The van der Waals surface area contributed by atoms with E-state index in [2.05, 4.69) is 31.2 Å². The monoisotopic (exact) mass is 275 g/mol. The second-order valence-electron chi connectivity index (χ2n) is 5.35. The van der Waals surface area contributed by atoms with E-state index >= 15 is 0 Å². The number of halogens is 1. The molecule has 2 atom stereocenters. The first-order valence-electron chi connectivity index (χ1n) is 6.92.